The Labute approximate surface area is 279 Å². The Morgan fingerprint density at radius 3 is 1.68 bits per heavy atom. The summed E-state index contributed by atoms with van der Waals surface area (Å²) < 4.78 is 0. The van der Waals surface area contributed by atoms with E-state index in [1.807, 2.05) is 33.2 Å². The molecule has 0 amide bonds. The summed E-state index contributed by atoms with van der Waals surface area (Å²) in [6.45, 7) is 14.3. The van der Waals surface area contributed by atoms with Crippen molar-refractivity contribution in [3.8, 4) is 0 Å². The van der Waals surface area contributed by atoms with Crippen LogP contribution in [0.1, 0.15) is 31.2 Å². The third-order valence-electron chi connectivity index (χ3n) is 9.55. The van der Waals surface area contributed by atoms with Gasteiger partial charge < -0.3 is 20.4 Å². The fourth-order valence-electron chi connectivity index (χ4n) is 6.79. The highest BCUT2D eigenvalue weighted by Crippen LogP contribution is 2.35. The number of nitro benzene ring substituents is 2. The van der Waals surface area contributed by atoms with Crippen LogP contribution in [0, 0.1) is 27.2 Å². The minimum Gasteiger partial charge on any atom is -0.383 e. The molecule has 0 radical (unpaired) electrons. The largest absolute Gasteiger partial charge is 0.383 e. The van der Waals surface area contributed by atoms with Crippen LogP contribution in [0.2, 0.25) is 0 Å². The minimum absolute atomic E-state index is 0.105. The Morgan fingerprint density at radius 2 is 1.19 bits per heavy atom. The first-order valence-corrected chi connectivity index (χ1v) is 16.8. The van der Waals surface area contributed by atoms with E-state index in [0.29, 0.717) is 16.9 Å². The quantitative estimate of drug-likeness (QED) is 0.128. The molecule has 14 nitrogen and oxygen atoms in total. The molecule has 2 saturated heterocycles. The molecule has 0 saturated carbocycles. The molecule has 14 heteroatoms. The molecule has 0 spiro atoms. The number of anilines is 4. The number of hydrogen-bond donors (Lipinski definition) is 2. The number of unbranched alkanes of at least 4 members (excludes halogenated alkanes) is 1. The van der Waals surface area contributed by atoms with Gasteiger partial charge in [0.1, 0.15) is 11.4 Å². The van der Waals surface area contributed by atoms with Crippen molar-refractivity contribution in [1.29, 1.82) is 0 Å². The summed E-state index contributed by atoms with van der Waals surface area (Å²) in [4.78, 5) is 36.7. The topological polar surface area (TPSA) is 130 Å². The molecule has 0 aromatic heterocycles. The summed E-state index contributed by atoms with van der Waals surface area (Å²) >= 11 is 0. The Balaban J connectivity index is 1.06. The van der Waals surface area contributed by atoms with Crippen LogP contribution in [0.3, 0.4) is 0 Å². The number of nitrogens with zero attached hydrogens (tertiary/aromatic N) is 8. The molecule has 47 heavy (non-hydrogen) atoms. The number of nitro groups is 2. The molecule has 260 valence electrons. The Bertz CT molecular complexity index is 1340. The molecule has 2 fully saturated rings. The molecule has 0 bridgehead atoms. The second-order valence-electron chi connectivity index (χ2n) is 12.8. The van der Waals surface area contributed by atoms with Gasteiger partial charge in [-0.15, -0.1) is 0 Å². The van der Waals surface area contributed by atoms with Gasteiger partial charge in [-0.25, -0.2) is 0 Å². The Morgan fingerprint density at radius 1 is 0.702 bits per heavy atom. The van der Waals surface area contributed by atoms with E-state index < -0.39 is 0 Å². The van der Waals surface area contributed by atoms with Gasteiger partial charge in [-0.1, -0.05) is 0 Å². The molecule has 2 aromatic rings. The summed E-state index contributed by atoms with van der Waals surface area (Å²) in [7, 11) is 7.42. The molecule has 2 N–H and O–H groups in total. The molecule has 2 aromatic carbocycles. The van der Waals surface area contributed by atoms with Crippen molar-refractivity contribution in [2.45, 2.75) is 32.6 Å². The fraction of sp³-hybridized carbons (Fsp3) is 0.636. The van der Waals surface area contributed by atoms with Crippen molar-refractivity contribution in [3.63, 3.8) is 0 Å². The number of nitrogens with one attached hydrogen (secondary N) is 2. The highest BCUT2D eigenvalue weighted by molar-refractivity contribution is 5.73. The van der Waals surface area contributed by atoms with Crippen molar-refractivity contribution in [3.05, 3.63) is 56.1 Å². The molecule has 4 rings (SSSR count). The minimum atomic E-state index is -0.336. The van der Waals surface area contributed by atoms with Crippen molar-refractivity contribution in [2.24, 2.45) is 0 Å². The summed E-state index contributed by atoms with van der Waals surface area (Å²) in [5.74, 6) is 0. The van der Waals surface area contributed by atoms with Gasteiger partial charge in [0, 0.05) is 98.0 Å². The lowest BCUT2D eigenvalue weighted by molar-refractivity contribution is -0.384. The van der Waals surface area contributed by atoms with Crippen molar-refractivity contribution in [2.75, 3.05) is 127 Å². The summed E-state index contributed by atoms with van der Waals surface area (Å²) in [6.07, 6.45) is 4.44. The van der Waals surface area contributed by atoms with E-state index in [-0.39, 0.29) is 21.2 Å². The zero-order valence-electron chi connectivity index (χ0n) is 28.9. The van der Waals surface area contributed by atoms with Gasteiger partial charge in [0.25, 0.3) is 11.4 Å². The van der Waals surface area contributed by atoms with Crippen LogP contribution in [0.15, 0.2) is 30.3 Å². The van der Waals surface area contributed by atoms with Crippen LogP contribution in [0.25, 0.3) is 0 Å². The van der Waals surface area contributed by atoms with Crippen LogP contribution in [-0.4, -0.2) is 136 Å². The number of benzene rings is 2. The van der Waals surface area contributed by atoms with E-state index in [9.17, 15) is 20.2 Å². The summed E-state index contributed by atoms with van der Waals surface area (Å²) in [6, 6.07) is 9.11. The molecule has 0 atom stereocenters. The van der Waals surface area contributed by atoms with Gasteiger partial charge >= 0.3 is 0 Å². The van der Waals surface area contributed by atoms with Crippen LogP contribution in [0.4, 0.5) is 34.1 Å². The van der Waals surface area contributed by atoms with E-state index in [0.717, 1.165) is 103 Å². The van der Waals surface area contributed by atoms with Crippen molar-refractivity contribution >= 4 is 34.1 Å². The third-order valence-corrected chi connectivity index (χ3v) is 9.55. The average molecular weight is 655 g/mol. The third kappa shape index (κ3) is 9.89. The fourth-order valence-corrected chi connectivity index (χ4v) is 6.79. The van der Waals surface area contributed by atoms with Crippen molar-refractivity contribution < 1.29 is 9.85 Å². The smallest absolute Gasteiger partial charge is 0.297 e. The lowest BCUT2D eigenvalue weighted by Gasteiger charge is -2.24. The Kier molecular flexibility index (Phi) is 13.4. The molecule has 2 aliphatic rings. The van der Waals surface area contributed by atoms with E-state index in [2.05, 4.69) is 40.0 Å². The molecular formula is C33H54N10O4. The van der Waals surface area contributed by atoms with E-state index in [1.54, 1.807) is 32.3 Å². The second-order valence-corrected chi connectivity index (χ2v) is 12.8. The highest BCUT2D eigenvalue weighted by atomic mass is 16.6. The van der Waals surface area contributed by atoms with Gasteiger partial charge in [-0.2, -0.15) is 0 Å². The summed E-state index contributed by atoms with van der Waals surface area (Å²) in [5, 5.41) is 28.8. The first-order valence-electron chi connectivity index (χ1n) is 16.8. The zero-order chi connectivity index (χ0) is 33.9. The first-order chi connectivity index (χ1) is 22.6. The number of hydrogen-bond acceptors (Lipinski definition) is 12. The maximum Gasteiger partial charge on any atom is 0.297 e. The lowest BCUT2D eigenvalue weighted by atomic mass is 10.1. The van der Waals surface area contributed by atoms with Gasteiger partial charge in [-0.3, -0.25) is 39.8 Å². The lowest BCUT2D eigenvalue weighted by Crippen LogP contribution is -2.30. The van der Waals surface area contributed by atoms with E-state index in [1.165, 1.54) is 12.8 Å². The zero-order valence-corrected chi connectivity index (χ0v) is 28.9. The normalized spacial score (nSPS) is 16.1. The molecular weight excluding hydrogens is 600 g/mol. The van der Waals surface area contributed by atoms with Crippen LogP contribution < -0.4 is 20.4 Å². The van der Waals surface area contributed by atoms with Crippen molar-refractivity contribution in [1.82, 2.24) is 19.6 Å². The molecule has 0 aliphatic carbocycles. The molecule has 2 heterocycles. The van der Waals surface area contributed by atoms with E-state index >= 15 is 0 Å². The van der Waals surface area contributed by atoms with Crippen LogP contribution in [-0.2, 0) is 0 Å². The maximum absolute atomic E-state index is 11.6. The van der Waals surface area contributed by atoms with Gasteiger partial charge in [-0.05, 0) is 70.0 Å². The van der Waals surface area contributed by atoms with Crippen LogP contribution in [0.5, 0.6) is 0 Å². The predicted octanol–water partition coefficient (Wildman–Crippen LogP) is 4.18. The second kappa shape index (κ2) is 17.4. The van der Waals surface area contributed by atoms with Gasteiger partial charge in [0.15, 0.2) is 0 Å². The van der Waals surface area contributed by atoms with Gasteiger partial charge in [0.2, 0.25) is 0 Å². The molecule has 0 unspecified atom stereocenters. The number of rotatable bonds is 19. The first kappa shape index (κ1) is 36.1. The SMILES string of the molecule is CNc1ccc(N(C)CCCN2CCN(CCCCN3CCN(CCCN(C)c4ccc(NC)c([N+](=O)[O-])c4C)C3)C2)cc1[N+](=O)[O-]. The van der Waals surface area contributed by atoms with Crippen LogP contribution >= 0.6 is 0 Å². The average Bonchev–Trinajstić information content (AvgIpc) is 3.71. The maximum atomic E-state index is 11.6. The predicted molar refractivity (Wildman–Crippen MR) is 191 cm³/mol. The van der Waals surface area contributed by atoms with Gasteiger partial charge in [0.05, 0.1) is 28.7 Å². The van der Waals surface area contributed by atoms with E-state index in [4.69, 9.17) is 0 Å². The molecule has 2 aliphatic heterocycles. The monoisotopic (exact) mass is 654 g/mol. The standard InChI is InChI=1S/C33H54N10O4/c1-27-31(13-12-30(35-3)33(27)43(46)47)37(5)15-9-19-41-23-21-39(26-41)17-7-6-16-38-20-22-40(25-38)18-8-14-36(4)28-10-11-29(34-2)32(24-28)42(44)45/h10-13,24,34-35H,6-9,14-23,25-26H2,1-5H3. The Hall–Kier alpha value is -3.72. The highest BCUT2D eigenvalue weighted by Gasteiger charge is 2.23. The summed E-state index contributed by atoms with van der Waals surface area (Å²) in [5.41, 5.74) is 3.81.